The number of hydrogen-bond donors (Lipinski definition) is 3. The van der Waals surface area contributed by atoms with Gasteiger partial charge in [-0.3, -0.25) is 9.59 Å². The molecule has 4 rings (SSSR count). The molecule has 3 saturated carbocycles. The number of hydrogen-bond acceptors (Lipinski definition) is 6. The van der Waals surface area contributed by atoms with E-state index in [0.717, 1.165) is 32.1 Å². The first-order valence-corrected chi connectivity index (χ1v) is 8.26. The number of rotatable bonds is 3. The molecule has 1 amide bonds. The lowest BCUT2D eigenvalue weighted by Gasteiger charge is -2.49. The zero-order chi connectivity index (χ0) is 17.1. The van der Waals surface area contributed by atoms with Gasteiger partial charge in [0.05, 0.1) is 0 Å². The molecule has 8 nitrogen and oxygen atoms in total. The molecule has 3 fully saturated rings. The number of ether oxygens (including phenoxy) is 2. The molecular formula is C16H19NO7. The minimum atomic E-state index is -1.26. The van der Waals surface area contributed by atoms with E-state index in [1.807, 2.05) is 5.32 Å². The van der Waals surface area contributed by atoms with Crippen LogP contribution in [0.2, 0.25) is 0 Å². The third-order valence-electron chi connectivity index (χ3n) is 6.01. The van der Waals surface area contributed by atoms with E-state index >= 15 is 0 Å². The Kier molecular flexibility index (Phi) is 3.26. The second kappa shape index (κ2) is 5.12. The van der Waals surface area contributed by atoms with Crippen LogP contribution >= 0.6 is 0 Å². The fraction of sp³-hybridized carbons (Fsp3) is 0.688. The topological polar surface area (TPSA) is 122 Å². The summed E-state index contributed by atoms with van der Waals surface area (Å²) >= 11 is 0. The van der Waals surface area contributed by atoms with Crippen LogP contribution in [0.25, 0.3) is 0 Å². The number of amides is 1. The van der Waals surface area contributed by atoms with E-state index in [0.29, 0.717) is 11.8 Å². The summed E-state index contributed by atoms with van der Waals surface area (Å²) in [6, 6.07) is 0. The predicted molar refractivity (Wildman–Crippen MR) is 77.3 cm³/mol. The molecule has 4 aliphatic rings. The largest absolute Gasteiger partial charge is 0.480 e. The van der Waals surface area contributed by atoms with Crippen LogP contribution < -0.4 is 5.32 Å². The molecule has 1 spiro atoms. The van der Waals surface area contributed by atoms with Crippen molar-refractivity contribution >= 4 is 17.8 Å². The Labute approximate surface area is 137 Å². The first-order chi connectivity index (χ1) is 11.4. The maximum absolute atomic E-state index is 12.4. The molecule has 1 aliphatic heterocycles. The summed E-state index contributed by atoms with van der Waals surface area (Å²) in [7, 11) is 0. The lowest BCUT2D eigenvalue weighted by atomic mass is 9.68. The number of aliphatic carboxylic acids is 1. The summed E-state index contributed by atoms with van der Waals surface area (Å²) in [5, 5.41) is 20.8. The van der Waals surface area contributed by atoms with E-state index in [2.05, 4.69) is 0 Å². The van der Waals surface area contributed by atoms with Crippen molar-refractivity contribution in [1.29, 1.82) is 0 Å². The molecule has 0 aromatic heterocycles. The maximum atomic E-state index is 12.4. The highest BCUT2D eigenvalue weighted by Crippen LogP contribution is 2.62. The fourth-order valence-electron chi connectivity index (χ4n) is 5.05. The van der Waals surface area contributed by atoms with Gasteiger partial charge in [0.1, 0.15) is 6.54 Å². The fourth-order valence-corrected chi connectivity index (χ4v) is 5.05. The Balaban J connectivity index is 1.61. The van der Waals surface area contributed by atoms with Gasteiger partial charge in [0, 0.05) is 11.8 Å². The van der Waals surface area contributed by atoms with Crippen LogP contribution in [0.4, 0.5) is 0 Å². The smallest absolute Gasteiger partial charge is 0.354 e. The molecule has 3 unspecified atom stereocenters. The molecule has 1 heterocycles. The van der Waals surface area contributed by atoms with Crippen molar-refractivity contribution in [1.82, 2.24) is 5.32 Å². The lowest BCUT2D eigenvalue weighted by Crippen LogP contribution is -2.56. The molecule has 0 radical (unpaired) electrons. The average Bonchev–Trinajstić information content (AvgIpc) is 2.86. The van der Waals surface area contributed by atoms with Crippen molar-refractivity contribution in [2.75, 3.05) is 6.54 Å². The van der Waals surface area contributed by atoms with Gasteiger partial charge in [0.15, 0.2) is 0 Å². The molecule has 130 valence electrons. The van der Waals surface area contributed by atoms with E-state index < -0.39 is 41.7 Å². The molecule has 3 aliphatic carbocycles. The second-order valence-electron chi connectivity index (χ2n) is 7.17. The van der Waals surface area contributed by atoms with Gasteiger partial charge in [-0.25, -0.2) is 4.79 Å². The molecular weight excluding hydrogens is 318 g/mol. The van der Waals surface area contributed by atoms with Gasteiger partial charge < -0.3 is 25.0 Å². The number of aliphatic hydroxyl groups is 1. The summed E-state index contributed by atoms with van der Waals surface area (Å²) in [6.07, 6.45) is 4.66. The number of esters is 1. The van der Waals surface area contributed by atoms with Crippen molar-refractivity contribution in [3.05, 3.63) is 11.5 Å². The highest BCUT2D eigenvalue weighted by atomic mass is 16.8. The third kappa shape index (κ3) is 2.08. The Morgan fingerprint density at radius 2 is 1.83 bits per heavy atom. The van der Waals surface area contributed by atoms with Gasteiger partial charge in [0.25, 0.3) is 11.7 Å². The Morgan fingerprint density at radius 3 is 2.54 bits per heavy atom. The third-order valence-corrected chi connectivity index (χ3v) is 6.01. The van der Waals surface area contributed by atoms with Crippen LogP contribution in [0, 0.1) is 23.7 Å². The number of aliphatic hydroxyl groups excluding tert-OH is 1. The Morgan fingerprint density at radius 1 is 1.12 bits per heavy atom. The van der Waals surface area contributed by atoms with Gasteiger partial charge in [-0.1, -0.05) is 0 Å². The van der Waals surface area contributed by atoms with Gasteiger partial charge in [-0.05, 0) is 43.9 Å². The first kappa shape index (κ1) is 15.3. The number of nitrogens with one attached hydrogen (secondary N) is 1. The summed E-state index contributed by atoms with van der Waals surface area (Å²) in [6.45, 7) is -0.664. The molecule has 0 aromatic rings. The molecule has 3 bridgehead atoms. The first-order valence-electron chi connectivity index (χ1n) is 8.26. The Bertz CT molecular complexity index is 647. The normalized spacial score (nSPS) is 39.6. The molecule has 3 N–H and O–H groups in total. The monoisotopic (exact) mass is 337 g/mol. The van der Waals surface area contributed by atoms with E-state index in [9.17, 15) is 19.5 Å². The molecule has 8 heteroatoms. The van der Waals surface area contributed by atoms with Crippen molar-refractivity contribution in [3.8, 4) is 0 Å². The van der Waals surface area contributed by atoms with Crippen LogP contribution in [0.15, 0.2) is 11.5 Å². The maximum Gasteiger partial charge on any atom is 0.354 e. The second-order valence-corrected chi connectivity index (χ2v) is 7.17. The zero-order valence-electron chi connectivity index (χ0n) is 13.0. The summed E-state index contributed by atoms with van der Waals surface area (Å²) in [5.74, 6) is -3.85. The number of fused-ring (bicyclic) bond motifs is 4. The zero-order valence-corrected chi connectivity index (χ0v) is 13.0. The van der Waals surface area contributed by atoms with Crippen molar-refractivity contribution < 1.29 is 34.1 Å². The van der Waals surface area contributed by atoms with Gasteiger partial charge in [-0.2, -0.15) is 0 Å². The number of carbonyl (C=O) groups is 3. The number of carbonyl (C=O) groups excluding carboxylic acids is 2. The quantitative estimate of drug-likeness (QED) is 0.511. The highest BCUT2D eigenvalue weighted by Gasteiger charge is 2.64. The summed E-state index contributed by atoms with van der Waals surface area (Å²) < 4.78 is 11.3. The lowest BCUT2D eigenvalue weighted by molar-refractivity contribution is -0.294. The number of carboxylic acids is 1. The van der Waals surface area contributed by atoms with Gasteiger partial charge >= 0.3 is 17.9 Å². The summed E-state index contributed by atoms with van der Waals surface area (Å²) in [4.78, 5) is 34.9. The average molecular weight is 337 g/mol. The van der Waals surface area contributed by atoms with Crippen LogP contribution in [0.5, 0.6) is 0 Å². The van der Waals surface area contributed by atoms with Gasteiger partial charge in [-0.15, -0.1) is 0 Å². The minimum absolute atomic E-state index is 0.0229. The number of carboxylic acid groups (broad SMARTS) is 1. The van der Waals surface area contributed by atoms with E-state index in [1.165, 1.54) is 0 Å². The van der Waals surface area contributed by atoms with Crippen molar-refractivity contribution in [2.45, 2.75) is 37.9 Å². The standard InChI is InChI=1S/C16H19NO7/c18-11(19)6-17-13(20)12-14(21)23-16(24-15(12)22)9-2-1-7-3-10(16)5-8(7)4-9/h7-10,21H,1-6H2,(H,17,20)(H,18,19)/t7?,8-,9-,10?,16?/m0/s1. The summed E-state index contributed by atoms with van der Waals surface area (Å²) in [5.41, 5.74) is -0.670. The van der Waals surface area contributed by atoms with Crippen LogP contribution in [0.1, 0.15) is 32.1 Å². The van der Waals surface area contributed by atoms with E-state index in [4.69, 9.17) is 14.6 Å². The van der Waals surface area contributed by atoms with Gasteiger partial charge in [0.2, 0.25) is 5.57 Å². The van der Waals surface area contributed by atoms with Crippen molar-refractivity contribution in [2.24, 2.45) is 23.7 Å². The van der Waals surface area contributed by atoms with Crippen LogP contribution in [0.3, 0.4) is 0 Å². The molecule has 0 saturated heterocycles. The highest BCUT2D eigenvalue weighted by molar-refractivity contribution is 6.17. The predicted octanol–water partition coefficient (Wildman–Crippen LogP) is 0.683. The van der Waals surface area contributed by atoms with Crippen molar-refractivity contribution in [3.63, 3.8) is 0 Å². The van der Waals surface area contributed by atoms with Crippen LogP contribution in [-0.4, -0.2) is 40.4 Å². The Hall–Kier alpha value is -2.25. The SMILES string of the molecule is O=C(O)CNC(=O)C1=C(O)OC2(OC1=O)C1CC3CC[C@H]2C[C@H]3C1. The van der Waals surface area contributed by atoms with E-state index in [1.54, 1.807) is 0 Å². The van der Waals surface area contributed by atoms with Crippen LogP contribution in [-0.2, 0) is 23.9 Å². The molecule has 0 aromatic carbocycles. The minimum Gasteiger partial charge on any atom is -0.480 e. The van der Waals surface area contributed by atoms with E-state index in [-0.39, 0.29) is 11.8 Å². The molecule has 5 atom stereocenters. The molecule has 24 heavy (non-hydrogen) atoms.